The molecule has 0 saturated carbocycles. The quantitative estimate of drug-likeness (QED) is 0.761. The first-order chi connectivity index (χ1) is 9.35. The first-order valence-corrected chi connectivity index (χ1v) is 8.41. The van der Waals surface area contributed by atoms with Crippen molar-refractivity contribution in [3.63, 3.8) is 0 Å². The molecule has 2 N–H and O–H groups in total. The van der Waals surface area contributed by atoms with Crippen molar-refractivity contribution in [1.29, 1.82) is 0 Å². The van der Waals surface area contributed by atoms with Gasteiger partial charge >= 0.3 is 0 Å². The van der Waals surface area contributed by atoms with Crippen molar-refractivity contribution < 1.29 is 0 Å². The van der Waals surface area contributed by atoms with Gasteiger partial charge in [-0.15, -0.1) is 0 Å². The van der Waals surface area contributed by atoms with Crippen LogP contribution in [0.1, 0.15) is 39.3 Å². The lowest BCUT2D eigenvalue weighted by Gasteiger charge is -2.34. The van der Waals surface area contributed by atoms with Crippen LogP contribution in [0.15, 0.2) is 22.7 Å². The van der Waals surface area contributed by atoms with Gasteiger partial charge in [0.25, 0.3) is 0 Å². The molecule has 0 fully saturated rings. The minimum Gasteiger partial charge on any atom is -0.329 e. The lowest BCUT2D eigenvalue weighted by Crippen LogP contribution is -2.38. The minimum absolute atomic E-state index is 0.171. The third kappa shape index (κ3) is 5.36. The summed E-state index contributed by atoms with van der Waals surface area (Å²) in [6.07, 6.45) is 0. The highest BCUT2D eigenvalue weighted by Crippen LogP contribution is 2.30. The van der Waals surface area contributed by atoms with E-state index in [2.05, 4.69) is 54.6 Å². The fraction of sp³-hybridized carbons (Fsp3) is 0.625. The fourth-order valence-corrected chi connectivity index (χ4v) is 3.13. The largest absolute Gasteiger partial charge is 0.329 e. The second-order valence-electron chi connectivity index (χ2n) is 6.16. The molecule has 0 aliphatic carbocycles. The molecular formula is C16H26BrClN2. The number of nitrogens with zero attached hydrogens (tertiary/aromatic N) is 1. The first kappa shape index (κ1) is 18.0. The number of halogens is 2. The number of nitrogens with two attached hydrogens (primary N) is 1. The second kappa shape index (κ2) is 8.38. The normalized spacial score (nSPS) is 13.5. The molecule has 114 valence electrons. The van der Waals surface area contributed by atoms with Crippen LogP contribution in [-0.4, -0.2) is 24.5 Å². The average Bonchev–Trinajstić information content (AvgIpc) is 2.32. The van der Waals surface area contributed by atoms with Gasteiger partial charge in [-0.25, -0.2) is 0 Å². The molecule has 1 unspecified atom stereocenters. The molecular weight excluding hydrogens is 336 g/mol. The van der Waals surface area contributed by atoms with Gasteiger partial charge in [0, 0.05) is 35.2 Å². The van der Waals surface area contributed by atoms with Gasteiger partial charge in [0.1, 0.15) is 0 Å². The molecule has 0 aliphatic heterocycles. The molecule has 0 amide bonds. The summed E-state index contributed by atoms with van der Waals surface area (Å²) in [5.74, 6) is 1.21. The van der Waals surface area contributed by atoms with Crippen molar-refractivity contribution in [2.45, 2.75) is 33.7 Å². The predicted octanol–water partition coefficient (Wildman–Crippen LogP) is 4.72. The summed E-state index contributed by atoms with van der Waals surface area (Å²) in [7, 11) is 0. The Balaban J connectivity index is 3.07. The number of benzene rings is 1. The molecule has 0 aliphatic rings. The van der Waals surface area contributed by atoms with Gasteiger partial charge in [0.15, 0.2) is 0 Å². The van der Waals surface area contributed by atoms with Gasteiger partial charge in [-0.2, -0.15) is 0 Å². The Morgan fingerprint density at radius 3 is 2.15 bits per heavy atom. The highest BCUT2D eigenvalue weighted by Gasteiger charge is 2.23. The molecule has 4 heteroatoms. The molecule has 0 aromatic heterocycles. The molecule has 1 atom stereocenters. The van der Waals surface area contributed by atoms with Crippen LogP contribution in [-0.2, 0) is 0 Å². The second-order valence-corrected chi connectivity index (χ2v) is 7.48. The van der Waals surface area contributed by atoms with E-state index in [4.69, 9.17) is 17.3 Å². The maximum Gasteiger partial charge on any atom is 0.0485 e. The molecule has 1 aromatic rings. The van der Waals surface area contributed by atoms with Crippen LogP contribution in [0.3, 0.4) is 0 Å². The van der Waals surface area contributed by atoms with E-state index < -0.39 is 0 Å². The van der Waals surface area contributed by atoms with Gasteiger partial charge in [-0.1, -0.05) is 55.2 Å². The maximum absolute atomic E-state index is 6.38. The van der Waals surface area contributed by atoms with Crippen molar-refractivity contribution in [1.82, 2.24) is 4.90 Å². The molecule has 0 heterocycles. The van der Waals surface area contributed by atoms with Gasteiger partial charge < -0.3 is 5.73 Å². The van der Waals surface area contributed by atoms with E-state index in [0.717, 1.165) is 28.1 Å². The van der Waals surface area contributed by atoms with Crippen LogP contribution >= 0.6 is 27.5 Å². The molecule has 1 rings (SSSR count). The van der Waals surface area contributed by atoms with Gasteiger partial charge in [0.05, 0.1) is 0 Å². The Bertz CT molecular complexity index is 411. The Morgan fingerprint density at radius 2 is 1.70 bits per heavy atom. The summed E-state index contributed by atoms with van der Waals surface area (Å²) < 4.78 is 1.05. The van der Waals surface area contributed by atoms with Crippen molar-refractivity contribution in [2.75, 3.05) is 19.6 Å². The standard InChI is InChI=1S/C16H26BrClN2/c1-11(2)9-20(10-12(3)4)16(8-19)14-7-13(17)5-6-15(14)18/h5-7,11-12,16H,8-10,19H2,1-4H3. The topological polar surface area (TPSA) is 29.3 Å². The molecule has 20 heavy (non-hydrogen) atoms. The lowest BCUT2D eigenvalue weighted by molar-refractivity contribution is 0.160. The van der Waals surface area contributed by atoms with Crippen molar-refractivity contribution in [3.8, 4) is 0 Å². The van der Waals surface area contributed by atoms with Crippen molar-refractivity contribution in [2.24, 2.45) is 17.6 Å². The Hall–Kier alpha value is -0.0900. The summed E-state index contributed by atoms with van der Waals surface area (Å²) >= 11 is 9.91. The van der Waals surface area contributed by atoms with Crippen LogP contribution in [0.2, 0.25) is 5.02 Å². The zero-order valence-corrected chi connectivity index (χ0v) is 15.2. The third-order valence-electron chi connectivity index (χ3n) is 3.18. The predicted molar refractivity (Wildman–Crippen MR) is 92.2 cm³/mol. The van der Waals surface area contributed by atoms with Crippen LogP contribution in [0.4, 0.5) is 0 Å². The maximum atomic E-state index is 6.38. The first-order valence-electron chi connectivity index (χ1n) is 7.24. The van der Waals surface area contributed by atoms with E-state index in [1.807, 2.05) is 12.1 Å². The zero-order valence-electron chi connectivity index (χ0n) is 12.9. The Kier molecular flexibility index (Phi) is 7.52. The number of hydrogen-bond donors (Lipinski definition) is 1. The van der Waals surface area contributed by atoms with E-state index in [-0.39, 0.29) is 6.04 Å². The van der Waals surface area contributed by atoms with Gasteiger partial charge in [0.2, 0.25) is 0 Å². The van der Waals surface area contributed by atoms with Crippen LogP contribution < -0.4 is 5.73 Å². The van der Waals surface area contributed by atoms with Gasteiger partial charge in [-0.05, 0) is 35.6 Å². The van der Waals surface area contributed by atoms with E-state index in [9.17, 15) is 0 Å². The Labute approximate surface area is 136 Å². The Morgan fingerprint density at radius 1 is 1.15 bits per heavy atom. The summed E-state index contributed by atoms with van der Waals surface area (Å²) in [4.78, 5) is 2.46. The van der Waals surface area contributed by atoms with Crippen LogP contribution in [0, 0.1) is 11.8 Å². The highest BCUT2D eigenvalue weighted by molar-refractivity contribution is 9.10. The SMILES string of the molecule is CC(C)CN(CC(C)C)C(CN)c1cc(Br)ccc1Cl. The minimum atomic E-state index is 0.171. The molecule has 0 bridgehead atoms. The lowest BCUT2D eigenvalue weighted by atomic mass is 10.0. The average molecular weight is 362 g/mol. The monoisotopic (exact) mass is 360 g/mol. The third-order valence-corrected chi connectivity index (χ3v) is 4.02. The van der Waals surface area contributed by atoms with Crippen molar-refractivity contribution >= 4 is 27.5 Å². The van der Waals surface area contributed by atoms with Crippen LogP contribution in [0.5, 0.6) is 0 Å². The van der Waals surface area contributed by atoms with E-state index in [1.54, 1.807) is 0 Å². The molecule has 0 saturated heterocycles. The fourth-order valence-electron chi connectivity index (χ4n) is 2.51. The van der Waals surface area contributed by atoms with E-state index >= 15 is 0 Å². The zero-order chi connectivity index (χ0) is 15.3. The molecule has 0 spiro atoms. The summed E-state index contributed by atoms with van der Waals surface area (Å²) in [6.45, 7) is 11.6. The summed E-state index contributed by atoms with van der Waals surface area (Å²) in [6, 6.07) is 6.17. The van der Waals surface area contributed by atoms with Crippen LogP contribution in [0.25, 0.3) is 0 Å². The summed E-state index contributed by atoms with van der Waals surface area (Å²) in [5.41, 5.74) is 7.18. The number of rotatable bonds is 7. The van der Waals surface area contributed by atoms with Crippen molar-refractivity contribution in [3.05, 3.63) is 33.3 Å². The van der Waals surface area contributed by atoms with Gasteiger partial charge in [-0.3, -0.25) is 4.90 Å². The smallest absolute Gasteiger partial charge is 0.0485 e. The molecule has 2 nitrogen and oxygen atoms in total. The summed E-state index contributed by atoms with van der Waals surface area (Å²) in [5, 5.41) is 0.793. The van der Waals surface area contributed by atoms with E-state index in [1.165, 1.54) is 0 Å². The van der Waals surface area contributed by atoms with E-state index in [0.29, 0.717) is 18.4 Å². The molecule has 0 radical (unpaired) electrons. The number of hydrogen-bond acceptors (Lipinski definition) is 2. The highest BCUT2D eigenvalue weighted by atomic mass is 79.9. The molecule has 1 aromatic carbocycles.